The number of nitrogens with zero attached hydrogens (tertiary/aromatic N) is 1. The molecular weight excluding hydrogens is 232 g/mol. The Morgan fingerprint density at radius 1 is 1.18 bits per heavy atom. The van der Waals surface area contributed by atoms with E-state index in [4.69, 9.17) is 17.3 Å². The minimum absolute atomic E-state index is 0.456. The Balaban J connectivity index is 2.48. The van der Waals surface area contributed by atoms with Crippen molar-refractivity contribution >= 4 is 17.4 Å². The van der Waals surface area contributed by atoms with Crippen molar-refractivity contribution in [1.82, 2.24) is 4.98 Å². The normalized spacial score (nSPS) is 9.53. The van der Waals surface area contributed by atoms with Crippen LogP contribution in [-0.4, -0.2) is 4.98 Å². The fraction of sp³-hybridized carbons (Fsp3) is 0.0714. The van der Waals surface area contributed by atoms with Gasteiger partial charge >= 0.3 is 0 Å². The first-order chi connectivity index (χ1) is 8.20. The molecule has 84 valence electrons. The van der Waals surface area contributed by atoms with Crippen LogP contribution in [0.5, 0.6) is 0 Å². The Morgan fingerprint density at radius 3 is 2.53 bits per heavy atom. The summed E-state index contributed by atoms with van der Waals surface area (Å²) in [6.07, 6.45) is 1.74. The van der Waals surface area contributed by atoms with E-state index in [1.807, 2.05) is 30.3 Å². The number of hydrogen-bond donors (Lipinski definition) is 1. The van der Waals surface area contributed by atoms with Crippen LogP contribution >= 0.6 is 11.6 Å². The Bertz CT molecular complexity index is 592. The third-order valence-electron chi connectivity index (χ3n) is 2.36. The second kappa shape index (κ2) is 4.90. The van der Waals surface area contributed by atoms with Crippen molar-refractivity contribution in [2.45, 2.75) is 6.92 Å². The van der Waals surface area contributed by atoms with Gasteiger partial charge in [-0.2, -0.15) is 0 Å². The van der Waals surface area contributed by atoms with Crippen LogP contribution in [0.15, 0.2) is 36.5 Å². The van der Waals surface area contributed by atoms with Crippen molar-refractivity contribution < 1.29 is 0 Å². The average molecular weight is 243 g/mol. The van der Waals surface area contributed by atoms with Crippen LogP contribution in [0.25, 0.3) is 11.1 Å². The largest absolute Gasteiger partial charge is 0.383 e. The lowest BCUT2D eigenvalue weighted by Gasteiger charge is -2.04. The molecule has 2 nitrogen and oxygen atoms in total. The molecule has 0 unspecified atom stereocenters. The molecule has 17 heavy (non-hydrogen) atoms. The Kier molecular flexibility index (Phi) is 3.32. The van der Waals surface area contributed by atoms with Gasteiger partial charge in [-0.15, -0.1) is 5.92 Å². The van der Waals surface area contributed by atoms with Gasteiger partial charge < -0.3 is 5.73 Å². The lowest BCUT2D eigenvalue weighted by Crippen LogP contribution is -1.94. The molecule has 2 N–H and O–H groups in total. The minimum Gasteiger partial charge on any atom is -0.383 e. The smallest absolute Gasteiger partial charge is 0.139 e. The van der Waals surface area contributed by atoms with E-state index in [0.717, 1.165) is 16.7 Å². The van der Waals surface area contributed by atoms with Gasteiger partial charge in [-0.25, -0.2) is 4.98 Å². The first kappa shape index (κ1) is 11.5. The maximum atomic E-state index is 5.85. The molecule has 0 radical (unpaired) electrons. The highest BCUT2D eigenvalue weighted by molar-refractivity contribution is 6.30. The maximum Gasteiger partial charge on any atom is 0.139 e. The van der Waals surface area contributed by atoms with Gasteiger partial charge in [0.25, 0.3) is 0 Å². The molecule has 0 aliphatic heterocycles. The number of anilines is 1. The fourth-order valence-corrected chi connectivity index (χ4v) is 1.64. The number of nitrogens with two attached hydrogens (primary N) is 1. The van der Waals surface area contributed by atoms with Crippen molar-refractivity contribution in [2.24, 2.45) is 0 Å². The zero-order chi connectivity index (χ0) is 12.3. The Labute approximate surface area is 105 Å². The monoisotopic (exact) mass is 242 g/mol. The lowest BCUT2D eigenvalue weighted by molar-refractivity contribution is 1.32. The van der Waals surface area contributed by atoms with Crippen LogP contribution in [0.4, 0.5) is 5.82 Å². The van der Waals surface area contributed by atoms with Gasteiger partial charge in [0.15, 0.2) is 0 Å². The summed E-state index contributed by atoms with van der Waals surface area (Å²) in [5.41, 5.74) is 8.52. The molecule has 0 atom stereocenters. The van der Waals surface area contributed by atoms with Gasteiger partial charge in [-0.1, -0.05) is 29.7 Å². The molecule has 0 amide bonds. The molecule has 1 aromatic heterocycles. The van der Waals surface area contributed by atoms with Crippen LogP contribution in [0.2, 0.25) is 5.02 Å². The number of rotatable bonds is 1. The van der Waals surface area contributed by atoms with Crippen molar-refractivity contribution in [3.05, 3.63) is 47.1 Å². The second-order valence-electron chi connectivity index (χ2n) is 3.54. The summed E-state index contributed by atoms with van der Waals surface area (Å²) in [7, 11) is 0. The summed E-state index contributed by atoms with van der Waals surface area (Å²) >= 11 is 5.85. The van der Waals surface area contributed by atoms with E-state index in [0.29, 0.717) is 10.8 Å². The zero-order valence-corrected chi connectivity index (χ0v) is 10.1. The fourth-order valence-electron chi connectivity index (χ4n) is 1.51. The molecule has 0 aliphatic rings. The molecule has 0 fully saturated rings. The summed E-state index contributed by atoms with van der Waals surface area (Å²) in [6.45, 7) is 1.77. The Morgan fingerprint density at radius 2 is 1.88 bits per heavy atom. The quantitative estimate of drug-likeness (QED) is 0.779. The highest BCUT2D eigenvalue weighted by Gasteiger charge is 2.02. The highest BCUT2D eigenvalue weighted by atomic mass is 35.5. The van der Waals surface area contributed by atoms with Gasteiger partial charge in [-0.3, -0.25) is 0 Å². The topological polar surface area (TPSA) is 38.9 Å². The molecule has 0 bridgehead atoms. The predicted octanol–water partition coefficient (Wildman–Crippen LogP) is 3.36. The van der Waals surface area contributed by atoms with E-state index in [9.17, 15) is 0 Å². The van der Waals surface area contributed by atoms with E-state index in [-0.39, 0.29) is 0 Å². The number of pyridine rings is 1. The summed E-state index contributed by atoms with van der Waals surface area (Å²) in [5.74, 6) is 6.21. The number of aromatic nitrogens is 1. The van der Waals surface area contributed by atoms with E-state index in [1.54, 1.807) is 13.1 Å². The van der Waals surface area contributed by atoms with E-state index >= 15 is 0 Å². The molecule has 0 saturated carbocycles. The summed E-state index contributed by atoms with van der Waals surface area (Å²) in [6, 6.07) is 9.51. The number of hydrogen-bond acceptors (Lipinski definition) is 2. The van der Waals surface area contributed by atoms with Gasteiger partial charge in [0.2, 0.25) is 0 Å². The van der Waals surface area contributed by atoms with Crippen LogP contribution in [-0.2, 0) is 0 Å². The van der Waals surface area contributed by atoms with E-state index in [1.165, 1.54) is 0 Å². The van der Waals surface area contributed by atoms with Crippen LogP contribution in [0.3, 0.4) is 0 Å². The summed E-state index contributed by atoms with van der Waals surface area (Å²) < 4.78 is 0. The summed E-state index contributed by atoms with van der Waals surface area (Å²) in [5, 5.41) is 0.714. The average Bonchev–Trinajstić information content (AvgIpc) is 2.33. The standard InChI is InChI=1S/C14H11ClN2/c1-2-3-11-8-12(9-17-14(11)16)10-4-6-13(15)7-5-10/h4-9H,1H3,(H2,16,17). The van der Waals surface area contributed by atoms with Crippen molar-refractivity contribution in [3.8, 4) is 23.0 Å². The van der Waals surface area contributed by atoms with Gasteiger partial charge in [-0.05, 0) is 30.7 Å². The molecule has 1 heterocycles. The van der Waals surface area contributed by atoms with Crippen LogP contribution in [0, 0.1) is 11.8 Å². The Hall–Kier alpha value is -1.98. The molecule has 0 aliphatic carbocycles. The van der Waals surface area contributed by atoms with E-state index < -0.39 is 0 Å². The van der Waals surface area contributed by atoms with Crippen LogP contribution < -0.4 is 5.73 Å². The third kappa shape index (κ3) is 2.58. The second-order valence-corrected chi connectivity index (χ2v) is 3.98. The SMILES string of the molecule is CC#Cc1cc(-c2ccc(Cl)cc2)cnc1N. The maximum absolute atomic E-state index is 5.85. The van der Waals surface area contributed by atoms with E-state index in [2.05, 4.69) is 16.8 Å². The summed E-state index contributed by atoms with van der Waals surface area (Å²) in [4.78, 5) is 4.14. The minimum atomic E-state index is 0.456. The first-order valence-electron chi connectivity index (χ1n) is 5.15. The van der Waals surface area contributed by atoms with Gasteiger partial charge in [0.1, 0.15) is 5.82 Å². The van der Waals surface area contributed by atoms with Gasteiger partial charge in [0.05, 0.1) is 5.56 Å². The van der Waals surface area contributed by atoms with Crippen LogP contribution in [0.1, 0.15) is 12.5 Å². The number of halogens is 1. The van der Waals surface area contributed by atoms with Crippen molar-refractivity contribution in [3.63, 3.8) is 0 Å². The first-order valence-corrected chi connectivity index (χ1v) is 5.52. The number of nitrogen functional groups attached to an aromatic ring is 1. The zero-order valence-electron chi connectivity index (χ0n) is 9.37. The molecule has 3 heteroatoms. The third-order valence-corrected chi connectivity index (χ3v) is 2.61. The highest BCUT2D eigenvalue weighted by Crippen LogP contribution is 2.23. The molecule has 0 spiro atoms. The molecular formula is C14H11ClN2. The molecule has 2 rings (SSSR count). The lowest BCUT2D eigenvalue weighted by atomic mass is 10.1. The molecule has 2 aromatic rings. The number of benzene rings is 1. The molecule has 1 aromatic carbocycles. The van der Waals surface area contributed by atoms with Crippen molar-refractivity contribution in [2.75, 3.05) is 5.73 Å². The molecule has 0 saturated heterocycles. The van der Waals surface area contributed by atoms with Crippen molar-refractivity contribution in [1.29, 1.82) is 0 Å². The predicted molar refractivity (Wildman–Crippen MR) is 71.6 cm³/mol. The van der Waals surface area contributed by atoms with Gasteiger partial charge in [0, 0.05) is 16.8 Å².